The molecule has 1 aromatic rings. The molecule has 3 saturated carbocycles. The summed E-state index contributed by atoms with van der Waals surface area (Å²) in [4.78, 5) is 1.35. The fourth-order valence-electron chi connectivity index (χ4n) is 5.01. The number of thiophene rings is 1. The van der Waals surface area contributed by atoms with Gasteiger partial charge >= 0.3 is 0 Å². The average Bonchev–Trinajstić information content (AvgIpc) is 3.09. The number of hydrogen-bond donors (Lipinski definition) is 1. The van der Waals surface area contributed by atoms with Crippen molar-refractivity contribution in [3.05, 3.63) is 19.8 Å². The Morgan fingerprint density at radius 1 is 1.26 bits per heavy atom. The standard InChI is InChI=1S/C15H19BrClNS/c16-13-6-9(19-15(13)17)7-18-14-5-8-4-12(14)11-3-1-2-10(8)11/h6,8,10-12,14,18H,1-5,7H2. The maximum atomic E-state index is 6.10. The molecule has 4 rings (SSSR count). The Kier molecular flexibility index (Phi) is 3.46. The van der Waals surface area contributed by atoms with E-state index in [1.54, 1.807) is 11.3 Å². The summed E-state index contributed by atoms with van der Waals surface area (Å²) >= 11 is 11.3. The summed E-state index contributed by atoms with van der Waals surface area (Å²) in [7, 11) is 0. The molecule has 0 amide bonds. The van der Waals surface area contributed by atoms with E-state index < -0.39 is 0 Å². The largest absolute Gasteiger partial charge is 0.309 e. The van der Waals surface area contributed by atoms with E-state index in [1.165, 1.54) is 37.0 Å². The lowest BCUT2D eigenvalue weighted by molar-refractivity contribution is 0.208. The van der Waals surface area contributed by atoms with Gasteiger partial charge in [0.15, 0.2) is 0 Å². The molecule has 3 aliphatic rings. The Bertz CT molecular complexity index is 469. The van der Waals surface area contributed by atoms with Crippen LogP contribution in [-0.2, 0) is 6.54 Å². The highest BCUT2D eigenvalue weighted by atomic mass is 79.9. The molecular weight excluding hydrogens is 342 g/mol. The summed E-state index contributed by atoms with van der Waals surface area (Å²) in [5.41, 5.74) is 0. The lowest BCUT2D eigenvalue weighted by Crippen LogP contribution is -2.38. The zero-order chi connectivity index (χ0) is 13.0. The monoisotopic (exact) mass is 359 g/mol. The number of hydrogen-bond acceptors (Lipinski definition) is 2. The van der Waals surface area contributed by atoms with Crippen LogP contribution in [0.1, 0.15) is 37.0 Å². The van der Waals surface area contributed by atoms with Crippen molar-refractivity contribution in [2.45, 2.75) is 44.7 Å². The number of nitrogens with one attached hydrogen (secondary N) is 1. The van der Waals surface area contributed by atoms with E-state index in [1.807, 2.05) is 0 Å². The Labute approximate surface area is 132 Å². The molecule has 19 heavy (non-hydrogen) atoms. The van der Waals surface area contributed by atoms with Gasteiger partial charge < -0.3 is 5.32 Å². The fraction of sp³-hybridized carbons (Fsp3) is 0.733. The van der Waals surface area contributed by atoms with Crippen LogP contribution < -0.4 is 5.32 Å². The summed E-state index contributed by atoms with van der Waals surface area (Å²) in [6.45, 7) is 0.987. The first-order valence-corrected chi connectivity index (χ1v) is 9.38. The molecule has 3 aliphatic carbocycles. The van der Waals surface area contributed by atoms with E-state index >= 15 is 0 Å². The molecule has 2 bridgehead atoms. The van der Waals surface area contributed by atoms with Crippen LogP contribution >= 0.6 is 38.9 Å². The molecule has 0 radical (unpaired) electrons. The van der Waals surface area contributed by atoms with Gasteiger partial charge in [-0.3, -0.25) is 0 Å². The topological polar surface area (TPSA) is 12.0 Å². The molecule has 5 atom stereocenters. The highest BCUT2D eigenvalue weighted by molar-refractivity contribution is 9.10. The first kappa shape index (κ1) is 13.1. The smallest absolute Gasteiger partial charge is 0.107 e. The Morgan fingerprint density at radius 2 is 2.11 bits per heavy atom. The summed E-state index contributed by atoms with van der Waals surface area (Å²) in [5, 5.41) is 3.81. The Balaban J connectivity index is 1.40. The molecule has 1 heterocycles. The normalized spacial score (nSPS) is 40.0. The van der Waals surface area contributed by atoms with Gasteiger partial charge in [-0.2, -0.15) is 0 Å². The SMILES string of the molecule is Clc1sc(CNC2CC3CC2C2CCCC32)cc1Br. The molecule has 0 spiro atoms. The molecule has 1 N–H and O–H groups in total. The summed E-state index contributed by atoms with van der Waals surface area (Å²) in [5.74, 6) is 4.15. The minimum atomic E-state index is 0.768. The van der Waals surface area contributed by atoms with Crippen molar-refractivity contribution in [2.24, 2.45) is 23.7 Å². The molecule has 3 fully saturated rings. The summed E-state index contributed by atoms with van der Waals surface area (Å²) in [6.07, 6.45) is 7.43. The maximum Gasteiger partial charge on any atom is 0.107 e. The van der Waals surface area contributed by atoms with Gasteiger partial charge in [0.2, 0.25) is 0 Å². The molecule has 104 valence electrons. The van der Waals surface area contributed by atoms with Crippen molar-refractivity contribution >= 4 is 38.9 Å². The zero-order valence-electron chi connectivity index (χ0n) is 10.9. The molecule has 0 aliphatic heterocycles. The van der Waals surface area contributed by atoms with Crippen molar-refractivity contribution in [3.63, 3.8) is 0 Å². The van der Waals surface area contributed by atoms with Gasteiger partial charge in [0.05, 0.1) is 0 Å². The fourth-order valence-corrected chi connectivity index (χ4v) is 6.75. The van der Waals surface area contributed by atoms with Crippen molar-refractivity contribution in [1.29, 1.82) is 0 Å². The third kappa shape index (κ3) is 2.21. The maximum absolute atomic E-state index is 6.10. The van der Waals surface area contributed by atoms with E-state index in [2.05, 4.69) is 27.3 Å². The third-order valence-electron chi connectivity index (χ3n) is 5.66. The van der Waals surface area contributed by atoms with Gasteiger partial charge in [0.25, 0.3) is 0 Å². The second kappa shape index (κ2) is 5.01. The second-order valence-corrected chi connectivity index (χ2v) is 9.07. The van der Waals surface area contributed by atoms with E-state index in [9.17, 15) is 0 Å². The second-order valence-electron chi connectivity index (χ2n) is 6.48. The predicted octanol–water partition coefficient (Wildman–Crippen LogP) is 5.08. The van der Waals surface area contributed by atoms with Crippen molar-refractivity contribution < 1.29 is 0 Å². The molecule has 4 heteroatoms. The molecule has 1 nitrogen and oxygen atoms in total. The van der Waals surface area contributed by atoms with Crippen LogP contribution in [0.3, 0.4) is 0 Å². The molecule has 5 unspecified atom stereocenters. The van der Waals surface area contributed by atoms with Crippen LogP contribution in [0.5, 0.6) is 0 Å². The van der Waals surface area contributed by atoms with Crippen LogP contribution in [0, 0.1) is 23.7 Å². The van der Waals surface area contributed by atoms with Crippen LogP contribution in [0.25, 0.3) is 0 Å². The van der Waals surface area contributed by atoms with Gasteiger partial charge in [-0.15, -0.1) is 11.3 Å². The average molecular weight is 361 g/mol. The highest BCUT2D eigenvalue weighted by Gasteiger charge is 2.53. The van der Waals surface area contributed by atoms with E-state index in [4.69, 9.17) is 11.6 Å². The minimum absolute atomic E-state index is 0.768. The van der Waals surface area contributed by atoms with Crippen molar-refractivity contribution in [3.8, 4) is 0 Å². The first-order valence-electron chi connectivity index (χ1n) is 7.39. The summed E-state index contributed by atoms with van der Waals surface area (Å²) < 4.78 is 1.92. The zero-order valence-corrected chi connectivity index (χ0v) is 14.0. The Hall–Kier alpha value is 0.430. The number of rotatable bonds is 3. The highest BCUT2D eigenvalue weighted by Crippen LogP contribution is 2.58. The molecular formula is C15H19BrClNS. The van der Waals surface area contributed by atoms with Crippen LogP contribution in [0.4, 0.5) is 0 Å². The van der Waals surface area contributed by atoms with Crippen LogP contribution in [0.15, 0.2) is 10.5 Å². The predicted molar refractivity (Wildman–Crippen MR) is 84.7 cm³/mol. The Morgan fingerprint density at radius 3 is 2.89 bits per heavy atom. The minimum Gasteiger partial charge on any atom is -0.309 e. The van der Waals surface area contributed by atoms with Crippen LogP contribution in [0.2, 0.25) is 4.34 Å². The van der Waals surface area contributed by atoms with E-state index in [0.717, 1.165) is 45.1 Å². The first-order chi connectivity index (χ1) is 9.22. The number of fused-ring (bicyclic) bond motifs is 5. The van der Waals surface area contributed by atoms with Gasteiger partial charge in [-0.1, -0.05) is 18.0 Å². The van der Waals surface area contributed by atoms with Gasteiger partial charge in [-0.25, -0.2) is 0 Å². The van der Waals surface area contributed by atoms with E-state index in [-0.39, 0.29) is 0 Å². The van der Waals surface area contributed by atoms with Crippen molar-refractivity contribution in [2.75, 3.05) is 0 Å². The molecule has 1 aromatic heterocycles. The van der Waals surface area contributed by atoms with Crippen LogP contribution in [-0.4, -0.2) is 6.04 Å². The van der Waals surface area contributed by atoms with Crippen molar-refractivity contribution in [1.82, 2.24) is 5.32 Å². The van der Waals surface area contributed by atoms with Gasteiger partial charge in [0.1, 0.15) is 4.34 Å². The lowest BCUT2D eigenvalue weighted by Gasteiger charge is -2.32. The lowest BCUT2D eigenvalue weighted by atomic mass is 9.79. The van der Waals surface area contributed by atoms with Gasteiger partial charge in [0, 0.05) is 21.9 Å². The third-order valence-corrected chi connectivity index (χ3v) is 8.14. The number of halogens is 2. The molecule has 0 saturated heterocycles. The van der Waals surface area contributed by atoms with E-state index in [0.29, 0.717) is 0 Å². The summed E-state index contributed by atoms with van der Waals surface area (Å²) in [6, 6.07) is 2.93. The quantitative estimate of drug-likeness (QED) is 0.792. The van der Waals surface area contributed by atoms with Gasteiger partial charge in [-0.05, 0) is 71.4 Å². The molecule has 0 aromatic carbocycles.